The minimum absolute atomic E-state index is 0.178. The molecule has 4 aromatic heterocycles. The van der Waals surface area contributed by atoms with Crippen molar-refractivity contribution in [3.05, 3.63) is 113 Å². The summed E-state index contributed by atoms with van der Waals surface area (Å²) in [6, 6.07) is 16.9. The van der Waals surface area contributed by atoms with E-state index in [1.807, 2.05) is 0 Å². The van der Waals surface area contributed by atoms with Gasteiger partial charge in [-0.15, -0.1) is 21.5 Å². The van der Waals surface area contributed by atoms with Gasteiger partial charge >= 0.3 is 35.8 Å². The third-order valence-electron chi connectivity index (χ3n) is 6.19. The number of nitrogens with zero attached hydrogens (tertiary/aromatic N) is 3. The number of carboxylic acid groups (broad SMARTS) is 6. The molecule has 6 N–H and O–H groups in total. The van der Waals surface area contributed by atoms with Gasteiger partial charge in [0.05, 0.1) is 27.8 Å². The maximum Gasteiger partial charge on any atom is 0.356 e. The minimum Gasteiger partial charge on any atom is -0.478 e. The number of aromatic nitrogens is 3. The number of pyridine rings is 1. The fourth-order valence-corrected chi connectivity index (χ4v) is 5.18. The summed E-state index contributed by atoms with van der Waals surface area (Å²) < 4.78 is 3.37. The molecule has 0 radical (unpaired) electrons. The molecule has 4 heterocycles. The second kappa shape index (κ2) is 13.3. The predicted octanol–water partition coefficient (Wildman–Crippen LogP) is 4.66. The van der Waals surface area contributed by atoms with E-state index in [1.165, 1.54) is 21.9 Å². The summed E-state index contributed by atoms with van der Waals surface area (Å²) in [5.74, 6) is -6.93. The van der Waals surface area contributed by atoms with Crippen LogP contribution in [0.2, 0.25) is 0 Å². The summed E-state index contributed by atoms with van der Waals surface area (Å²) in [6.07, 6.45) is 2.90. The predicted molar refractivity (Wildman–Crippen MR) is 161 cm³/mol. The molecule has 0 aliphatic carbocycles. The Balaban J connectivity index is 0.000000161. The molecule has 0 aliphatic rings. The lowest BCUT2D eigenvalue weighted by Gasteiger charge is -1.97. The molecule has 232 valence electrons. The molecule has 0 saturated carbocycles. The van der Waals surface area contributed by atoms with Crippen LogP contribution in [-0.2, 0) is 0 Å². The first kappa shape index (κ1) is 32.2. The summed E-state index contributed by atoms with van der Waals surface area (Å²) >= 11 is 1.52. The molecule has 46 heavy (non-hydrogen) atoms. The first-order valence-corrected chi connectivity index (χ1v) is 13.4. The molecule has 0 aliphatic heterocycles. The van der Waals surface area contributed by atoms with Gasteiger partial charge in [-0.1, -0.05) is 6.07 Å². The summed E-state index contributed by atoms with van der Waals surface area (Å²) in [7, 11) is 0. The van der Waals surface area contributed by atoms with Crippen LogP contribution >= 0.6 is 11.3 Å². The largest absolute Gasteiger partial charge is 0.478 e. The van der Waals surface area contributed by atoms with Crippen LogP contribution in [0.1, 0.15) is 62.4 Å². The topological polar surface area (TPSA) is 254 Å². The number of thiophene rings is 1. The Kier molecular flexibility index (Phi) is 9.33. The molecule has 6 aromatic rings. The first-order valence-electron chi connectivity index (χ1n) is 12.6. The molecular weight excluding hydrogens is 626 g/mol. The van der Waals surface area contributed by atoms with Gasteiger partial charge in [0, 0.05) is 32.6 Å². The van der Waals surface area contributed by atoms with Gasteiger partial charge in [-0.25, -0.2) is 28.8 Å². The SMILES string of the molecule is O=C(O)c1ccc(C(=O)O)nn1.O=C(O)c1ccc2sc3ccc(C(=O)O)cc3c2c1.O=C(O)c1cn2ccccc2c1C(=O)O. The van der Waals surface area contributed by atoms with Crippen molar-refractivity contribution in [2.45, 2.75) is 0 Å². The Labute approximate surface area is 259 Å². The number of rotatable bonds is 6. The minimum atomic E-state index is -1.24. The van der Waals surface area contributed by atoms with Crippen LogP contribution in [0.5, 0.6) is 0 Å². The molecular formula is C30H19N3O12S. The van der Waals surface area contributed by atoms with Gasteiger partial charge in [0.25, 0.3) is 0 Å². The second-order valence-corrected chi connectivity index (χ2v) is 10.2. The molecule has 0 spiro atoms. The van der Waals surface area contributed by atoms with Crippen molar-refractivity contribution in [2.75, 3.05) is 0 Å². The highest BCUT2D eigenvalue weighted by Gasteiger charge is 2.21. The molecule has 0 unspecified atom stereocenters. The van der Waals surface area contributed by atoms with Gasteiger partial charge in [0.1, 0.15) is 0 Å². The lowest BCUT2D eigenvalue weighted by molar-refractivity contribution is 0.0654. The van der Waals surface area contributed by atoms with Crippen molar-refractivity contribution in [1.82, 2.24) is 14.6 Å². The zero-order chi connectivity index (χ0) is 33.7. The number of carbonyl (C=O) groups is 6. The molecule has 0 fully saturated rings. The zero-order valence-corrected chi connectivity index (χ0v) is 23.7. The van der Waals surface area contributed by atoms with Gasteiger partial charge in [-0.2, -0.15) is 0 Å². The maximum atomic E-state index is 11.0. The zero-order valence-electron chi connectivity index (χ0n) is 22.9. The second-order valence-electron chi connectivity index (χ2n) is 9.07. The van der Waals surface area contributed by atoms with Crippen LogP contribution in [0.4, 0.5) is 0 Å². The Morgan fingerprint density at radius 3 is 1.46 bits per heavy atom. The Morgan fingerprint density at radius 2 is 1.07 bits per heavy atom. The van der Waals surface area contributed by atoms with Crippen molar-refractivity contribution in [3.63, 3.8) is 0 Å². The Hall–Kier alpha value is -6.68. The Bertz CT molecular complexity index is 2080. The number of benzene rings is 2. The third kappa shape index (κ3) is 6.92. The van der Waals surface area contributed by atoms with Crippen molar-refractivity contribution in [2.24, 2.45) is 0 Å². The average molecular weight is 646 g/mol. The molecule has 0 bridgehead atoms. The van der Waals surface area contributed by atoms with E-state index in [1.54, 1.807) is 60.8 Å². The smallest absolute Gasteiger partial charge is 0.356 e. The van der Waals surface area contributed by atoms with E-state index in [4.69, 9.17) is 30.6 Å². The van der Waals surface area contributed by atoms with Crippen LogP contribution in [0.25, 0.3) is 25.7 Å². The van der Waals surface area contributed by atoms with E-state index in [9.17, 15) is 28.8 Å². The quantitative estimate of drug-likeness (QED) is 0.144. The van der Waals surface area contributed by atoms with Crippen molar-refractivity contribution in [3.8, 4) is 0 Å². The third-order valence-corrected chi connectivity index (χ3v) is 7.35. The summed E-state index contributed by atoms with van der Waals surface area (Å²) in [5, 5.41) is 60.4. The normalized spacial score (nSPS) is 10.3. The molecule has 0 atom stereocenters. The fraction of sp³-hybridized carbons (Fsp3) is 0. The highest BCUT2D eigenvalue weighted by molar-refractivity contribution is 7.25. The maximum absolute atomic E-state index is 11.0. The van der Waals surface area contributed by atoms with Crippen LogP contribution in [0, 0.1) is 0 Å². The molecule has 15 nitrogen and oxygen atoms in total. The van der Waals surface area contributed by atoms with E-state index in [-0.39, 0.29) is 33.6 Å². The van der Waals surface area contributed by atoms with Gasteiger partial charge < -0.3 is 35.0 Å². The highest BCUT2D eigenvalue weighted by atomic mass is 32.1. The molecule has 16 heteroatoms. The summed E-state index contributed by atoms with van der Waals surface area (Å²) in [4.78, 5) is 64.2. The van der Waals surface area contributed by atoms with E-state index in [0.29, 0.717) is 5.52 Å². The number of fused-ring (bicyclic) bond motifs is 4. The van der Waals surface area contributed by atoms with Crippen molar-refractivity contribution in [1.29, 1.82) is 0 Å². The van der Waals surface area contributed by atoms with E-state index in [0.717, 1.165) is 32.3 Å². The van der Waals surface area contributed by atoms with Gasteiger partial charge in [-0.05, 0) is 60.7 Å². The summed E-state index contributed by atoms with van der Waals surface area (Å²) in [5.41, 5.74) is -0.153. The molecule has 2 aromatic carbocycles. The number of carboxylic acids is 6. The van der Waals surface area contributed by atoms with Gasteiger partial charge in [0.2, 0.25) is 0 Å². The van der Waals surface area contributed by atoms with Crippen LogP contribution in [0.3, 0.4) is 0 Å². The average Bonchev–Trinajstić information content (AvgIpc) is 3.60. The highest BCUT2D eigenvalue weighted by Crippen LogP contribution is 2.35. The first-order chi connectivity index (χ1) is 21.8. The number of hydrogen-bond donors (Lipinski definition) is 6. The van der Waals surface area contributed by atoms with Crippen molar-refractivity contribution >= 4 is 72.8 Å². The van der Waals surface area contributed by atoms with Crippen LogP contribution < -0.4 is 0 Å². The van der Waals surface area contributed by atoms with Gasteiger partial charge in [0.15, 0.2) is 11.4 Å². The lowest BCUT2D eigenvalue weighted by Crippen LogP contribution is -2.06. The Morgan fingerprint density at radius 1 is 0.565 bits per heavy atom. The molecule has 0 saturated heterocycles. The van der Waals surface area contributed by atoms with Crippen molar-refractivity contribution < 1.29 is 59.4 Å². The molecule has 6 rings (SSSR count). The lowest BCUT2D eigenvalue weighted by atomic mass is 10.1. The monoisotopic (exact) mass is 645 g/mol. The van der Waals surface area contributed by atoms with E-state index >= 15 is 0 Å². The van der Waals surface area contributed by atoms with E-state index < -0.39 is 35.8 Å². The van der Waals surface area contributed by atoms with Crippen LogP contribution in [0.15, 0.2) is 79.1 Å². The fourth-order valence-electron chi connectivity index (χ4n) is 4.11. The summed E-state index contributed by atoms with van der Waals surface area (Å²) in [6.45, 7) is 0. The van der Waals surface area contributed by atoms with Crippen LogP contribution in [-0.4, -0.2) is 81.1 Å². The molecule has 0 amide bonds. The van der Waals surface area contributed by atoms with E-state index in [2.05, 4.69) is 10.2 Å². The number of hydrogen-bond acceptors (Lipinski definition) is 9. The van der Waals surface area contributed by atoms with Gasteiger partial charge in [-0.3, -0.25) is 0 Å². The standard InChI is InChI=1S/C14H8O4S.C10H7NO4.C6H4N2O4/c15-13(16)7-1-3-11-9(5-7)10-6-8(14(17)18)2-4-12(10)19-11;12-9(13)6-5-11-4-2-1-3-7(11)8(6)10(14)15;9-5(10)3-1-2-4(6(11)12)8-7-3/h1-6H,(H,15,16)(H,17,18);1-5H,(H,12,13)(H,14,15);1-2H,(H,9,10)(H,11,12). The number of aromatic carboxylic acids is 6.